The first-order chi connectivity index (χ1) is 18.1. The third-order valence-corrected chi connectivity index (χ3v) is 12.0. The molecule has 5 rings (SSSR count). The Morgan fingerprint density at radius 2 is 1.38 bits per heavy atom. The average Bonchev–Trinajstić information content (AvgIpc) is 3.27. The lowest BCUT2D eigenvalue weighted by atomic mass is 9.84. The van der Waals surface area contributed by atoms with Crippen molar-refractivity contribution in [3.63, 3.8) is 0 Å². The van der Waals surface area contributed by atoms with E-state index in [1.165, 1.54) is 30.3 Å². The summed E-state index contributed by atoms with van der Waals surface area (Å²) >= 11 is 51.5. The van der Waals surface area contributed by atoms with Gasteiger partial charge < -0.3 is 0 Å². The number of nitro benzene ring substituents is 1. The molecule has 3 aliphatic rings. The zero-order valence-electron chi connectivity index (χ0n) is 18.8. The highest BCUT2D eigenvalue weighted by molar-refractivity contribution is 6.66. The second kappa shape index (κ2) is 9.53. The third-order valence-electron chi connectivity index (χ3n) is 7.00. The molecule has 1 saturated carbocycles. The summed E-state index contributed by atoms with van der Waals surface area (Å²) in [6, 6.07) is 9.02. The molecule has 1 heterocycles. The van der Waals surface area contributed by atoms with Crippen LogP contribution in [-0.4, -0.2) is 46.7 Å². The van der Waals surface area contributed by atoms with Crippen LogP contribution in [0.25, 0.3) is 0 Å². The van der Waals surface area contributed by atoms with Gasteiger partial charge in [-0.3, -0.25) is 24.5 Å². The molecule has 1 saturated heterocycles. The van der Waals surface area contributed by atoms with Gasteiger partial charge in [0.2, 0.25) is 0 Å². The van der Waals surface area contributed by atoms with Gasteiger partial charge in [-0.15, -0.1) is 23.2 Å². The Morgan fingerprint density at radius 3 is 1.85 bits per heavy atom. The fourth-order valence-corrected chi connectivity index (χ4v) is 8.39. The average molecular weight is 693 g/mol. The highest BCUT2D eigenvalue weighted by Gasteiger charge is 2.88. The lowest BCUT2D eigenvalue weighted by Crippen LogP contribution is -2.55. The van der Waals surface area contributed by atoms with E-state index in [4.69, 9.17) is 92.8 Å². The van der Waals surface area contributed by atoms with Crippen LogP contribution in [0.2, 0.25) is 10.0 Å². The van der Waals surface area contributed by atoms with E-state index in [9.17, 15) is 24.5 Å². The molecule has 0 aromatic heterocycles. The van der Waals surface area contributed by atoms with E-state index in [1.807, 2.05) is 0 Å². The summed E-state index contributed by atoms with van der Waals surface area (Å²) in [5.41, 5.74) is 0.0477. The van der Waals surface area contributed by atoms with Crippen molar-refractivity contribution >= 4 is 116 Å². The maximum absolute atomic E-state index is 13.9. The van der Waals surface area contributed by atoms with Crippen molar-refractivity contribution in [2.75, 3.05) is 0 Å². The Morgan fingerprint density at radius 1 is 0.872 bits per heavy atom. The molecule has 0 spiro atoms. The lowest BCUT2D eigenvalue weighted by Gasteiger charge is -2.37. The number of fused-ring (bicyclic) bond motifs is 5. The van der Waals surface area contributed by atoms with Gasteiger partial charge >= 0.3 is 0 Å². The molecule has 2 fully saturated rings. The van der Waals surface area contributed by atoms with Crippen molar-refractivity contribution in [3.8, 4) is 0 Å². The lowest BCUT2D eigenvalue weighted by molar-refractivity contribution is -0.384. The van der Waals surface area contributed by atoms with Crippen molar-refractivity contribution in [1.29, 1.82) is 0 Å². The number of carbonyl (C=O) groups excluding carboxylic acids is 3. The van der Waals surface area contributed by atoms with Gasteiger partial charge in [-0.05, 0) is 29.8 Å². The number of halogens is 8. The molecule has 4 atom stereocenters. The van der Waals surface area contributed by atoms with Crippen molar-refractivity contribution < 1.29 is 19.3 Å². The van der Waals surface area contributed by atoms with Gasteiger partial charge in [0.25, 0.3) is 23.4 Å². The molecule has 3 amide bonds. The summed E-state index contributed by atoms with van der Waals surface area (Å²) in [4.78, 5) is 47.8. The minimum atomic E-state index is -2.15. The van der Waals surface area contributed by atoms with Gasteiger partial charge in [-0.1, -0.05) is 75.7 Å². The monoisotopic (exact) mass is 689 g/mol. The number of hydrogen-bond acceptors (Lipinski definition) is 5. The van der Waals surface area contributed by atoms with Crippen molar-refractivity contribution in [3.05, 3.63) is 83.8 Å². The number of benzene rings is 2. The standard InChI is InChI=1S/C23H11Cl8N3O5/c24-12-6-1-9(7-13(12)25)8-32(18(35)10-2-4-11(5-3-10)34(38)39)33-19(36)14-15(20(33)37)22(29)17(27)16(26)21(14,28)23(22,30)31/h1-7,14-15H,8H2/t14-,15+,21-,22-/m1/s1. The summed E-state index contributed by atoms with van der Waals surface area (Å²) in [5.74, 6) is -5.72. The maximum atomic E-state index is 13.9. The van der Waals surface area contributed by atoms with Crippen LogP contribution in [-0.2, 0) is 16.1 Å². The van der Waals surface area contributed by atoms with E-state index in [-0.39, 0.29) is 37.9 Å². The van der Waals surface area contributed by atoms with Crippen molar-refractivity contribution in [2.24, 2.45) is 11.8 Å². The molecule has 0 N–H and O–H groups in total. The number of amides is 3. The second-order valence-corrected chi connectivity index (χ2v) is 13.1. The van der Waals surface area contributed by atoms with Gasteiger partial charge in [0.15, 0.2) is 4.33 Å². The quantitative estimate of drug-likeness (QED) is 0.147. The zero-order chi connectivity index (χ0) is 28.8. The summed E-state index contributed by atoms with van der Waals surface area (Å²) in [6.45, 7) is -0.351. The number of hydrogen-bond donors (Lipinski definition) is 0. The van der Waals surface area contributed by atoms with Crippen LogP contribution >= 0.6 is 92.8 Å². The molecular weight excluding hydrogens is 682 g/mol. The normalized spacial score (nSPS) is 28.8. The predicted molar refractivity (Wildman–Crippen MR) is 149 cm³/mol. The maximum Gasteiger partial charge on any atom is 0.273 e. The largest absolute Gasteiger partial charge is 0.273 e. The summed E-state index contributed by atoms with van der Waals surface area (Å²) in [5, 5.41) is 12.3. The molecule has 2 bridgehead atoms. The zero-order valence-corrected chi connectivity index (χ0v) is 24.9. The van der Waals surface area contributed by atoms with E-state index in [0.717, 1.165) is 17.1 Å². The number of hydrazine groups is 1. The number of nitrogens with zero attached hydrogens (tertiary/aromatic N) is 3. The van der Waals surface area contributed by atoms with Gasteiger partial charge in [-0.2, -0.15) is 5.01 Å². The van der Waals surface area contributed by atoms with Crippen molar-refractivity contribution in [1.82, 2.24) is 10.0 Å². The number of allylic oxidation sites excluding steroid dienone is 2. The van der Waals surface area contributed by atoms with Crippen molar-refractivity contribution in [2.45, 2.75) is 20.6 Å². The molecule has 16 heteroatoms. The number of imide groups is 1. The highest BCUT2D eigenvalue weighted by atomic mass is 35.5. The Labute approximate surface area is 260 Å². The molecule has 204 valence electrons. The topological polar surface area (TPSA) is 101 Å². The van der Waals surface area contributed by atoms with Gasteiger partial charge in [0.05, 0.1) is 43.4 Å². The molecule has 0 unspecified atom stereocenters. The van der Waals surface area contributed by atoms with Gasteiger partial charge in [0.1, 0.15) is 9.75 Å². The molecular formula is C23H11Cl8N3O5. The Kier molecular flexibility index (Phi) is 7.09. The van der Waals surface area contributed by atoms with Crippen LogP contribution in [0.4, 0.5) is 5.69 Å². The number of alkyl halides is 4. The SMILES string of the molecule is O=C(c1ccc([N+](=O)[O-])cc1)N(Cc1ccc(Cl)c(Cl)c1)N1C(=O)[C@@H]2[C@H](C1=O)[C@@]1(Cl)C(Cl)=C(Cl)[C@@]2(Cl)C1(Cl)Cl. The molecule has 2 aromatic carbocycles. The number of rotatable bonds is 5. The summed E-state index contributed by atoms with van der Waals surface area (Å²) < 4.78 is -2.15. The van der Waals surface area contributed by atoms with Crippen LogP contribution in [0, 0.1) is 22.0 Å². The molecule has 8 nitrogen and oxygen atoms in total. The number of carbonyl (C=O) groups is 3. The van der Waals surface area contributed by atoms with Crippen LogP contribution in [0.15, 0.2) is 52.5 Å². The van der Waals surface area contributed by atoms with Gasteiger partial charge in [0, 0.05) is 17.7 Å². The van der Waals surface area contributed by atoms with Crippen LogP contribution in [0.1, 0.15) is 15.9 Å². The van der Waals surface area contributed by atoms with E-state index < -0.39 is 48.6 Å². The number of non-ortho nitro benzene ring substituents is 1. The first-order valence-corrected chi connectivity index (χ1v) is 13.8. The minimum Gasteiger partial charge on any atom is -0.272 e. The first kappa shape index (κ1) is 29.0. The summed E-state index contributed by atoms with van der Waals surface area (Å²) in [6.07, 6.45) is 0. The first-order valence-electron chi connectivity index (χ1n) is 10.8. The number of nitro groups is 1. The third kappa shape index (κ3) is 3.76. The smallest absolute Gasteiger partial charge is 0.272 e. The van der Waals surface area contributed by atoms with E-state index in [0.29, 0.717) is 10.6 Å². The highest BCUT2D eigenvalue weighted by Crippen LogP contribution is 2.77. The fraction of sp³-hybridized carbons (Fsp3) is 0.261. The molecule has 2 aromatic rings. The van der Waals surface area contributed by atoms with Crippen LogP contribution in [0.3, 0.4) is 0 Å². The van der Waals surface area contributed by atoms with Crippen LogP contribution < -0.4 is 0 Å². The predicted octanol–water partition coefficient (Wildman–Crippen LogP) is 6.91. The molecule has 0 radical (unpaired) electrons. The fourth-order valence-electron chi connectivity index (χ4n) is 5.14. The molecule has 1 aliphatic heterocycles. The minimum absolute atomic E-state index is 0.0688. The Bertz CT molecular complexity index is 1470. The van der Waals surface area contributed by atoms with E-state index in [2.05, 4.69) is 0 Å². The van der Waals surface area contributed by atoms with E-state index >= 15 is 0 Å². The summed E-state index contributed by atoms with van der Waals surface area (Å²) in [7, 11) is 0. The second-order valence-electron chi connectivity index (χ2n) is 8.98. The van der Waals surface area contributed by atoms with Gasteiger partial charge in [-0.25, -0.2) is 5.01 Å². The Hall–Kier alpha value is -1.49. The molecule has 2 aliphatic carbocycles. The van der Waals surface area contributed by atoms with E-state index in [1.54, 1.807) is 0 Å². The van der Waals surface area contributed by atoms with Crippen LogP contribution in [0.5, 0.6) is 0 Å². The molecule has 39 heavy (non-hydrogen) atoms. The Balaban J connectivity index is 1.61.